The van der Waals surface area contributed by atoms with Crippen LogP contribution in [-0.4, -0.2) is 31.4 Å². The average Bonchev–Trinajstić information content (AvgIpc) is 2.50. The van der Waals surface area contributed by atoms with Gasteiger partial charge in [0.15, 0.2) is 0 Å². The van der Waals surface area contributed by atoms with E-state index in [9.17, 15) is 5.11 Å². The van der Waals surface area contributed by atoms with Gasteiger partial charge in [-0.1, -0.05) is 19.9 Å². The molecular formula is C17H26N2O2. The topological polar surface area (TPSA) is 56.5 Å². The summed E-state index contributed by atoms with van der Waals surface area (Å²) >= 11 is 0. The van der Waals surface area contributed by atoms with E-state index in [0.29, 0.717) is 18.2 Å². The van der Waals surface area contributed by atoms with Crippen molar-refractivity contribution >= 4 is 5.69 Å². The summed E-state index contributed by atoms with van der Waals surface area (Å²) in [5.41, 5.74) is 2.41. The van der Waals surface area contributed by atoms with Crippen molar-refractivity contribution in [2.45, 2.75) is 45.8 Å². The van der Waals surface area contributed by atoms with E-state index >= 15 is 0 Å². The number of anilines is 1. The van der Waals surface area contributed by atoms with Crippen LogP contribution in [0.1, 0.15) is 50.8 Å². The van der Waals surface area contributed by atoms with Crippen LogP contribution in [0, 0.1) is 11.3 Å². The Balaban J connectivity index is 3.29. The molecule has 0 aliphatic carbocycles. The fourth-order valence-electron chi connectivity index (χ4n) is 2.63. The monoisotopic (exact) mass is 290 g/mol. The number of hydrogen-bond acceptors (Lipinski definition) is 4. The van der Waals surface area contributed by atoms with Gasteiger partial charge in [0.1, 0.15) is 0 Å². The lowest BCUT2D eigenvalue weighted by Gasteiger charge is -2.34. The number of rotatable bonds is 8. The molecular weight excluding hydrogens is 264 g/mol. The predicted octanol–water partition coefficient (Wildman–Crippen LogP) is 3.25. The summed E-state index contributed by atoms with van der Waals surface area (Å²) < 4.78 is 5.22. The van der Waals surface area contributed by atoms with Gasteiger partial charge in [-0.2, -0.15) is 5.26 Å². The van der Waals surface area contributed by atoms with Gasteiger partial charge in [-0.3, -0.25) is 0 Å². The van der Waals surface area contributed by atoms with E-state index in [1.165, 1.54) is 0 Å². The molecule has 0 amide bonds. The van der Waals surface area contributed by atoms with E-state index in [4.69, 9.17) is 10.00 Å². The Morgan fingerprint density at radius 1 is 1.33 bits per heavy atom. The van der Waals surface area contributed by atoms with Crippen molar-refractivity contribution in [3.05, 3.63) is 29.3 Å². The van der Waals surface area contributed by atoms with E-state index < -0.39 is 6.10 Å². The van der Waals surface area contributed by atoms with Crippen molar-refractivity contribution in [3.8, 4) is 6.07 Å². The highest BCUT2D eigenvalue weighted by atomic mass is 16.5. The van der Waals surface area contributed by atoms with Gasteiger partial charge in [-0.25, -0.2) is 0 Å². The Hall–Kier alpha value is -1.57. The zero-order valence-electron chi connectivity index (χ0n) is 13.5. The van der Waals surface area contributed by atoms with Gasteiger partial charge in [-0.15, -0.1) is 0 Å². The number of benzene rings is 1. The van der Waals surface area contributed by atoms with Crippen molar-refractivity contribution in [3.63, 3.8) is 0 Å². The Kier molecular flexibility index (Phi) is 7.21. The van der Waals surface area contributed by atoms with Crippen LogP contribution in [0.25, 0.3) is 0 Å². The second-order valence-electron chi connectivity index (χ2n) is 5.22. The summed E-state index contributed by atoms with van der Waals surface area (Å²) in [7, 11) is 1.69. The van der Waals surface area contributed by atoms with Crippen LogP contribution < -0.4 is 4.90 Å². The van der Waals surface area contributed by atoms with Crippen molar-refractivity contribution in [1.82, 2.24) is 0 Å². The van der Waals surface area contributed by atoms with E-state index in [-0.39, 0.29) is 0 Å². The Morgan fingerprint density at radius 2 is 2.00 bits per heavy atom. The Bertz CT molecular complexity index is 476. The molecule has 0 saturated carbocycles. The van der Waals surface area contributed by atoms with E-state index in [1.807, 2.05) is 12.1 Å². The number of hydrogen-bond donors (Lipinski definition) is 1. The first-order chi connectivity index (χ1) is 10.1. The highest BCUT2D eigenvalue weighted by Gasteiger charge is 2.20. The summed E-state index contributed by atoms with van der Waals surface area (Å²) in [5, 5.41) is 19.2. The molecule has 0 heterocycles. The van der Waals surface area contributed by atoms with Gasteiger partial charge in [0.2, 0.25) is 0 Å². The predicted molar refractivity (Wildman–Crippen MR) is 85.4 cm³/mol. The highest BCUT2D eigenvalue weighted by molar-refractivity contribution is 5.59. The molecule has 1 aromatic carbocycles. The molecule has 0 saturated heterocycles. The molecule has 4 nitrogen and oxygen atoms in total. The van der Waals surface area contributed by atoms with Crippen LogP contribution in [0.2, 0.25) is 0 Å². The van der Waals surface area contributed by atoms with Gasteiger partial charge in [0.05, 0.1) is 24.3 Å². The van der Waals surface area contributed by atoms with Crippen LogP contribution >= 0.6 is 0 Å². The summed E-state index contributed by atoms with van der Waals surface area (Å²) in [6.07, 6.45) is 1.46. The van der Waals surface area contributed by atoms with E-state index in [0.717, 1.165) is 30.6 Å². The third-order valence-electron chi connectivity index (χ3n) is 3.84. The minimum atomic E-state index is -0.563. The lowest BCUT2D eigenvalue weighted by Crippen LogP contribution is -2.38. The molecule has 0 spiro atoms. The normalized spacial score (nSPS) is 12.2. The fourth-order valence-corrected chi connectivity index (χ4v) is 2.63. The smallest absolute Gasteiger partial charge is 0.0992 e. The summed E-state index contributed by atoms with van der Waals surface area (Å²) in [6.45, 7) is 7.44. The lowest BCUT2D eigenvalue weighted by molar-refractivity contribution is 0.196. The minimum Gasteiger partial charge on any atom is -0.389 e. The molecule has 116 valence electrons. The second-order valence-corrected chi connectivity index (χ2v) is 5.22. The van der Waals surface area contributed by atoms with Crippen LogP contribution in [0.5, 0.6) is 0 Å². The molecule has 1 rings (SSSR count). The Morgan fingerprint density at radius 3 is 2.48 bits per heavy atom. The summed E-state index contributed by atoms with van der Waals surface area (Å²) in [5.74, 6) is 0. The molecule has 1 unspecified atom stereocenters. The largest absolute Gasteiger partial charge is 0.389 e. The number of aliphatic hydroxyl groups is 1. The summed E-state index contributed by atoms with van der Waals surface area (Å²) in [4.78, 5) is 2.26. The molecule has 1 aromatic rings. The number of nitriles is 1. The number of aliphatic hydroxyl groups excluding tert-OH is 1. The van der Waals surface area contributed by atoms with Crippen molar-refractivity contribution in [2.75, 3.05) is 25.2 Å². The highest BCUT2D eigenvalue weighted by Crippen LogP contribution is 2.30. The fraction of sp³-hybridized carbons (Fsp3) is 0.588. The van der Waals surface area contributed by atoms with Crippen LogP contribution in [0.15, 0.2) is 18.2 Å². The maximum absolute atomic E-state index is 10.0. The third kappa shape index (κ3) is 4.45. The number of nitrogens with zero attached hydrogens (tertiary/aromatic N) is 2. The molecule has 21 heavy (non-hydrogen) atoms. The molecule has 1 N–H and O–H groups in total. The van der Waals surface area contributed by atoms with Crippen LogP contribution in [0.4, 0.5) is 5.69 Å². The number of ether oxygens (including phenoxy) is 1. The number of methoxy groups -OCH3 is 1. The maximum Gasteiger partial charge on any atom is 0.0992 e. The first-order valence-corrected chi connectivity index (χ1v) is 7.56. The van der Waals surface area contributed by atoms with E-state index in [1.54, 1.807) is 20.1 Å². The quantitative estimate of drug-likeness (QED) is 0.798. The first kappa shape index (κ1) is 17.5. The van der Waals surface area contributed by atoms with Crippen LogP contribution in [-0.2, 0) is 4.74 Å². The van der Waals surface area contributed by atoms with Crippen molar-refractivity contribution in [2.24, 2.45) is 0 Å². The molecule has 0 fully saturated rings. The third-order valence-corrected chi connectivity index (χ3v) is 3.84. The molecule has 0 radical (unpaired) electrons. The standard InChI is InChI=1S/C17H26N2O2/c1-5-15(6-2)19(9-10-21-4)17-11-14(12-18)7-8-16(17)13(3)20/h7-8,11,13,15,20H,5-6,9-10H2,1-4H3. The van der Waals surface area contributed by atoms with Gasteiger partial charge in [0, 0.05) is 30.9 Å². The maximum atomic E-state index is 10.0. The van der Waals surface area contributed by atoms with Crippen molar-refractivity contribution in [1.29, 1.82) is 5.26 Å². The molecule has 4 heteroatoms. The Labute approximate surface area is 128 Å². The SMILES string of the molecule is CCC(CC)N(CCOC)c1cc(C#N)ccc1C(C)O. The van der Waals surface area contributed by atoms with E-state index in [2.05, 4.69) is 24.8 Å². The van der Waals surface area contributed by atoms with Crippen LogP contribution in [0.3, 0.4) is 0 Å². The van der Waals surface area contributed by atoms with Crippen molar-refractivity contribution < 1.29 is 9.84 Å². The first-order valence-electron chi connectivity index (χ1n) is 7.56. The van der Waals surface area contributed by atoms with Gasteiger partial charge in [0.25, 0.3) is 0 Å². The van der Waals surface area contributed by atoms with Gasteiger partial charge in [-0.05, 0) is 31.9 Å². The summed E-state index contributed by atoms with van der Waals surface area (Å²) in [6, 6.07) is 8.02. The molecule has 0 bridgehead atoms. The molecule has 0 aromatic heterocycles. The second kappa shape index (κ2) is 8.66. The molecule has 0 aliphatic heterocycles. The van der Waals surface area contributed by atoms with Gasteiger partial charge < -0.3 is 14.7 Å². The minimum absolute atomic E-state index is 0.367. The molecule has 0 aliphatic rings. The average molecular weight is 290 g/mol. The molecule has 1 atom stereocenters. The zero-order chi connectivity index (χ0) is 15.8. The lowest BCUT2D eigenvalue weighted by atomic mass is 10.0. The van der Waals surface area contributed by atoms with Gasteiger partial charge >= 0.3 is 0 Å². The zero-order valence-corrected chi connectivity index (χ0v) is 13.5.